The van der Waals surface area contributed by atoms with Gasteiger partial charge < -0.3 is 10.2 Å². The molecule has 0 radical (unpaired) electrons. The van der Waals surface area contributed by atoms with Gasteiger partial charge in [0.15, 0.2) is 0 Å². The van der Waals surface area contributed by atoms with E-state index in [0.29, 0.717) is 18.2 Å². The number of hydrogen-bond donors (Lipinski definition) is 1. The highest BCUT2D eigenvalue weighted by Gasteiger charge is 2.22. The average Bonchev–Trinajstić information content (AvgIpc) is 2.53. The lowest BCUT2D eigenvalue weighted by atomic mass is 9.93. The number of rotatable bonds is 4. The zero-order valence-corrected chi connectivity index (χ0v) is 15.1. The molecule has 1 fully saturated rings. The molecular weight excluding hydrogens is 304 g/mol. The van der Waals surface area contributed by atoms with Crippen molar-refractivity contribution in [1.82, 2.24) is 20.2 Å². The van der Waals surface area contributed by atoms with Crippen molar-refractivity contribution >= 4 is 11.8 Å². The summed E-state index contributed by atoms with van der Waals surface area (Å²) in [7, 11) is 0. The minimum atomic E-state index is -0.190. The molecule has 0 aliphatic carbocycles. The van der Waals surface area contributed by atoms with Crippen molar-refractivity contribution in [2.45, 2.75) is 47.0 Å². The van der Waals surface area contributed by atoms with Gasteiger partial charge in [0.1, 0.15) is 5.69 Å². The molecule has 2 heterocycles. The van der Waals surface area contributed by atoms with Gasteiger partial charge in [-0.2, -0.15) is 0 Å². The van der Waals surface area contributed by atoms with Gasteiger partial charge in [-0.05, 0) is 30.6 Å². The molecule has 0 aromatic carbocycles. The maximum Gasteiger partial charge on any atom is 0.271 e. The van der Waals surface area contributed by atoms with Gasteiger partial charge in [-0.15, -0.1) is 0 Å². The third kappa shape index (κ3) is 5.58. The maximum atomic E-state index is 12.1. The lowest BCUT2D eigenvalue weighted by Crippen LogP contribution is -2.39. The van der Waals surface area contributed by atoms with Crippen LogP contribution in [0.15, 0.2) is 12.4 Å². The molecule has 1 aromatic rings. The van der Waals surface area contributed by atoms with Crippen LogP contribution in [0, 0.1) is 11.3 Å². The number of piperidine rings is 1. The molecule has 1 atom stereocenters. The van der Waals surface area contributed by atoms with E-state index in [1.807, 2.05) is 4.90 Å². The predicted octanol–water partition coefficient (Wildman–Crippen LogP) is 2.05. The smallest absolute Gasteiger partial charge is 0.271 e. The summed E-state index contributed by atoms with van der Waals surface area (Å²) < 4.78 is 0. The first-order valence-electron chi connectivity index (χ1n) is 8.59. The summed E-state index contributed by atoms with van der Waals surface area (Å²) >= 11 is 0. The summed E-state index contributed by atoms with van der Waals surface area (Å²) in [4.78, 5) is 34.1. The molecule has 1 unspecified atom stereocenters. The first kappa shape index (κ1) is 18.4. The van der Waals surface area contributed by atoms with Gasteiger partial charge in [0.25, 0.3) is 5.91 Å². The minimum Gasteiger partial charge on any atom is -0.350 e. The lowest BCUT2D eigenvalue weighted by molar-refractivity contribution is -0.130. The Morgan fingerprint density at radius 3 is 2.62 bits per heavy atom. The predicted molar refractivity (Wildman–Crippen MR) is 92.5 cm³/mol. The summed E-state index contributed by atoms with van der Waals surface area (Å²) in [6.07, 6.45) is 6.14. The van der Waals surface area contributed by atoms with Gasteiger partial charge in [-0.1, -0.05) is 20.8 Å². The van der Waals surface area contributed by atoms with Gasteiger partial charge in [-0.25, -0.2) is 4.98 Å². The number of carbonyl (C=O) groups excluding carboxylic acids is 2. The minimum absolute atomic E-state index is 0.0343. The molecule has 1 saturated heterocycles. The fraction of sp³-hybridized carbons (Fsp3) is 0.667. The summed E-state index contributed by atoms with van der Waals surface area (Å²) in [5.41, 5.74) is 1.25. The van der Waals surface area contributed by atoms with E-state index in [1.54, 1.807) is 19.3 Å². The van der Waals surface area contributed by atoms with Crippen LogP contribution in [0.3, 0.4) is 0 Å². The van der Waals surface area contributed by atoms with Gasteiger partial charge in [0.2, 0.25) is 5.91 Å². The highest BCUT2D eigenvalue weighted by atomic mass is 16.2. The van der Waals surface area contributed by atoms with E-state index >= 15 is 0 Å². The highest BCUT2D eigenvalue weighted by Crippen LogP contribution is 2.20. The Kier molecular flexibility index (Phi) is 5.91. The Hall–Kier alpha value is -1.98. The van der Waals surface area contributed by atoms with Crippen molar-refractivity contribution < 1.29 is 9.59 Å². The summed E-state index contributed by atoms with van der Waals surface area (Å²) in [5, 5.41) is 2.87. The zero-order chi connectivity index (χ0) is 17.7. The molecule has 0 bridgehead atoms. The number of amides is 2. The topological polar surface area (TPSA) is 75.2 Å². The van der Waals surface area contributed by atoms with Crippen molar-refractivity contribution in [1.29, 1.82) is 0 Å². The molecule has 1 aliphatic heterocycles. The van der Waals surface area contributed by atoms with Crippen molar-refractivity contribution in [2.24, 2.45) is 11.3 Å². The van der Waals surface area contributed by atoms with Gasteiger partial charge in [0.05, 0.1) is 11.9 Å². The maximum absolute atomic E-state index is 12.1. The SMILES string of the molecule is CC(=O)N1CCCC(Cc2cnc(C(=O)NCC(C)(C)C)cn2)C1. The molecule has 6 nitrogen and oxygen atoms in total. The molecule has 132 valence electrons. The van der Waals surface area contributed by atoms with E-state index in [4.69, 9.17) is 0 Å². The molecule has 1 N–H and O–H groups in total. The number of likely N-dealkylation sites (tertiary alicyclic amines) is 1. The van der Waals surface area contributed by atoms with Crippen molar-refractivity contribution in [3.05, 3.63) is 23.8 Å². The largest absolute Gasteiger partial charge is 0.350 e. The fourth-order valence-corrected chi connectivity index (χ4v) is 2.83. The standard InChI is InChI=1S/C18H28N4O2/c1-13(23)22-7-5-6-14(11-22)8-15-9-20-16(10-19-15)17(24)21-12-18(2,3)4/h9-10,14H,5-8,11-12H2,1-4H3,(H,21,24). The number of aromatic nitrogens is 2. The number of hydrogen-bond acceptors (Lipinski definition) is 4. The number of carbonyl (C=O) groups is 2. The second-order valence-corrected chi connectivity index (χ2v) is 7.81. The average molecular weight is 332 g/mol. The molecule has 1 aliphatic rings. The van der Waals surface area contributed by atoms with Crippen LogP contribution in [0.4, 0.5) is 0 Å². The van der Waals surface area contributed by atoms with Crippen LogP contribution in [0.2, 0.25) is 0 Å². The van der Waals surface area contributed by atoms with Crippen LogP contribution in [-0.2, 0) is 11.2 Å². The summed E-state index contributed by atoms with van der Waals surface area (Å²) in [5.74, 6) is 0.360. The second kappa shape index (κ2) is 7.73. The van der Waals surface area contributed by atoms with E-state index in [-0.39, 0.29) is 17.2 Å². The Balaban J connectivity index is 1.90. The summed E-state index contributed by atoms with van der Waals surface area (Å²) in [6, 6.07) is 0. The van der Waals surface area contributed by atoms with Crippen LogP contribution in [0.25, 0.3) is 0 Å². The van der Waals surface area contributed by atoms with E-state index in [1.165, 1.54) is 0 Å². The third-order valence-corrected chi connectivity index (χ3v) is 4.18. The van der Waals surface area contributed by atoms with Crippen molar-refractivity contribution in [3.63, 3.8) is 0 Å². The van der Waals surface area contributed by atoms with Gasteiger partial charge in [0, 0.05) is 32.8 Å². The molecule has 0 spiro atoms. The van der Waals surface area contributed by atoms with E-state index in [2.05, 4.69) is 36.1 Å². The molecule has 2 amide bonds. The van der Waals surface area contributed by atoms with Crippen LogP contribution in [0.5, 0.6) is 0 Å². The molecule has 0 saturated carbocycles. The lowest BCUT2D eigenvalue weighted by Gasteiger charge is -2.31. The molecule has 6 heteroatoms. The first-order valence-corrected chi connectivity index (χ1v) is 8.59. The summed E-state index contributed by atoms with van der Waals surface area (Å²) in [6.45, 7) is 10.0. The molecular formula is C18H28N4O2. The normalized spacial score (nSPS) is 18.3. The van der Waals surface area contributed by atoms with Gasteiger partial charge in [-0.3, -0.25) is 14.6 Å². The Labute approximate surface area is 144 Å². The molecule has 24 heavy (non-hydrogen) atoms. The van der Waals surface area contributed by atoms with Crippen molar-refractivity contribution in [3.8, 4) is 0 Å². The molecule has 2 rings (SSSR count). The van der Waals surface area contributed by atoms with Gasteiger partial charge >= 0.3 is 0 Å². The van der Waals surface area contributed by atoms with Crippen LogP contribution < -0.4 is 5.32 Å². The first-order chi connectivity index (χ1) is 11.2. The van der Waals surface area contributed by atoms with Crippen LogP contribution in [0.1, 0.15) is 56.7 Å². The molecule has 1 aromatic heterocycles. The number of nitrogens with one attached hydrogen (secondary N) is 1. The fourth-order valence-electron chi connectivity index (χ4n) is 2.83. The zero-order valence-electron chi connectivity index (χ0n) is 15.1. The van der Waals surface area contributed by atoms with E-state index in [9.17, 15) is 9.59 Å². The highest BCUT2D eigenvalue weighted by molar-refractivity contribution is 5.91. The monoisotopic (exact) mass is 332 g/mol. The van der Waals surface area contributed by atoms with Crippen LogP contribution in [-0.4, -0.2) is 46.3 Å². The second-order valence-electron chi connectivity index (χ2n) is 7.81. The van der Waals surface area contributed by atoms with Crippen molar-refractivity contribution in [2.75, 3.05) is 19.6 Å². The Morgan fingerprint density at radius 1 is 1.29 bits per heavy atom. The Morgan fingerprint density at radius 2 is 2.04 bits per heavy atom. The number of nitrogens with zero attached hydrogens (tertiary/aromatic N) is 3. The third-order valence-electron chi connectivity index (χ3n) is 4.18. The Bertz CT molecular complexity index is 578. The van der Waals surface area contributed by atoms with Crippen LogP contribution >= 0.6 is 0 Å². The van der Waals surface area contributed by atoms with E-state index < -0.39 is 0 Å². The van der Waals surface area contributed by atoms with E-state index in [0.717, 1.165) is 38.0 Å². The quantitative estimate of drug-likeness (QED) is 0.916.